The summed E-state index contributed by atoms with van der Waals surface area (Å²) in [6.07, 6.45) is 0. The maximum Gasteiger partial charge on any atom is 0.171 e. The zero-order valence-electron chi connectivity index (χ0n) is 18.9. The quantitative estimate of drug-likeness (QED) is 0.281. The summed E-state index contributed by atoms with van der Waals surface area (Å²) in [7, 11) is -3.08. The molecule has 0 amide bonds. The predicted molar refractivity (Wildman–Crippen MR) is 146 cm³/mol. The molecule has 0 N–H and O–H groups in total. The third-order valence-electron chi connectivity index (χ3n) is 6.83. The van der Waals surface area contributed by atoms with Gasteiger partial charge in [0.05, 0.1) is 16.7 Å². The van der Waals surface area contributed by atoms with E-state index in [2.05, 4.69) is 40.8 Å². The third-order valence-corrected chi connectivity index (χ3v) is 9.88. The summed E-state index contributed by atoms with van der Waals surface area (Å²) in [5.74, 6) is 0. The van der Waals surface area contributed by atoms with Gasteiger partial charge in [0, 0.05) is 32.2 Å². The van der Waals surface area contributed by atoms with Gasteiger partial charge in [-0.3, -0.25) is 4.40 Å². The number of hydrogen-bond acceptors (Lipinski definition) is 2. The number of rotatable bonds is 4. The van der Waals surface area contributed by atoms with Crippen molar-refractivity contribution in [2.24, 2.45) is 0 Å². The van der Waals surface area contributed by atoms with Crippen molar-refractivity contribution < 1.29 is 4.57 Å². The van der Waals surface area contributed by atoms with E-state index in [-0.39, 0.29) is 0 Å². The average Bonchev–Trinajstić information content (AvgIpc) is 3.49. The first-order valence-electron chi connectivity index (χ1n) is 11.7. The fourth-order valence-corrected chi connectivity index (χ4v) is 7.89. The van der Waals surface area contributed by atoms with E-state index >= 15 is 4.57 Å². The lowest BCUT2D eigenvalue weighted by molar-refractivity contribution is 0.592. The maximum absolute atomic E-state index is 15.0. The molecule has 4 aromatic carbocycles. The highest BCUT2D eigenvalue weighted by atomic mass is 31.2. The standard InChI is InChI=1S/C31H21N2OP/c34-35(23-13-6-2-7-14-23,24-15-8-3-9-16-24)25-19-20-26-27(21-25)31-30(22-11-4-1-5-12-22)32-29-18-10-17-28(26)33(29)31/h1-21H. The van der Waals surface area contributed by atoms with Crippen LogP contribution in [0.25, 0.3) is 38.7 Å². The van der Waals surface area contributed by atoms with Gasteiger partial charge >= 0.3 is 0 Å². The monoisotopic (exact) mass is 468 g/mol. The largest absolute Gasteiger partial charge is 0.309 e. The molecule has 0 saturated carbocycles. The molecule has 7 rings (SSSR count). The molecule has 4 heteroatoms. The molecule has 3 nitrogen and oxygen atoms in total. The van der Waals surface area contributed by atoms with E-state index in [1.54, 1.807) is 0 Å². The van der Waals surface area contributed by atoms with Crippen LogP contribution in [0.5, 0.6) is 0 Å². The van der Waals surface area contributed by atoms with E-state index < -0.39 is 7.14 Å². The Kier molecular flexibility index (Phi) is 4.42. The van der Waals surface area contributed by atoms with Crippen LogP contribution in [-0.2, 0) is 4.57 Å². The second-order valence-electron chi connectivity index (χ2n) is 8.79. The van der Waals surface area contributed by atoms with Gasteiger partial charge in [0.25, 0.3) is 0 Å². The molecule has 0 spiro atoms. The lowest BCUT2D eigenvalue weighted by Gasteiger charge is -2.20. The van der Waals surface area contributed by atoms with Gasteiger partial charge in [-0.05, 0) is 18.2 Å². The summed E-state index contributed by atoms with van der Waals surface area (Å²) in [4.78, 5) is 5.00. The van der Waals surface area contributed by atoms with Crippen LogP contribution in [0.1, 0.15) is 0 Å². The van der Waals surface area contributed by atoms with Gasteiger partial charge in [0.1, 0.15) is 5.65 Å². The van der Waals surface area contributed by atoms with Crippen LogP contribution in [-0.4, -0.2) is 9.38 Å². The van der Waals surface area contributed by atoms with Gasteiger partial charge in [-0.15, -0.1) is 0 Å². The first-order chi connectivity index (χ1) is 17.2. The number of fused-ring (bicyclic) bond motifs is 3. The topological polar surface area (TPSA) is 34.4 Å². The lowest BCUT2D eigenvalue weighted by Crippen LogP contribution is -2.24. The van der Waals surface area contributed by atoms with Crippen LogP contribution in [0.15, 0.2) is 127 Å². The summed E-state index contributed by atoms with van der Waals surface area (Å²) in [5.41, 5.74) is 5.12. The van der Waals surface area contributed by atoms with E-state index in [1.165, 1.54) is 0 Å². The number of hydrogen-bond donors (Lipinski definition) is 0. The molecule has 0 aliphatic rings. The van der Waals surface area contributed by atoms with Crippen molar-refractivity contribution >= 4 is 50.5 Å². The van der Waals surface area contributed by atoms with Crippen molar-refractivity contribution in [1.29, 1.82) is 0 Å². The molecule has 0 aliphatic carbocycles. The van der Waals surface area contributed by atoms with Gasteiger partial charge in [0.15, 0.2) is 7.14 Å². The Balaban J connectivity index is 1.58. The van der Waals surface area contributed by atoms with Crippen LogP contribution >= 0.6 is 7.14 Å². The summed E-state index contributed by atoms with van der Waals surface area (Å²) < 4.78 is 17.2. The minimum Gasteiger partial charge on any atom is -0.309 e. The second-order valence-corrected chi connectivity index (χ2v) is 11.6. The highest BCUT2D eigenvalue weighted by Crippen LogP contribution is 2.44. The molecule has 35 heavy (non-hydrogen) atoms. The van der Waals surface area contributed by atoms with Crippen molar-refractivity contribution in [3.8, 4) is 11.3 Å². The molecule has 0 saturated heterocycles. The number of aromatic nitrogens is 2. The van der Waals surface area contributed by atoms with Gasteiger partial charge < -0.3 is 4.57 Å². The summed E-state index contributed by atoms with van der Waals surface area (Å²) in [6.45, 7) is 0. The highest BCUT2D eigenvalue weighted by Gasteiger charge is 2.30. The normalized spacial score (nSPS) is 12.1. The Morgan fingerprint density at radius 2 is 1.20 bits per heavy atom. The summed E-state index contributed by atoms with van der Waals surface area (Å²) in [6, 6.07) is 42.5. The van der Waals surface area contributed by atoms with Crippen molar-refractivity contribution in [3.63, 3.8) is 0 Å². The van der Waals surface area contributed by atoms with Gasteiger partial charge in [-0.2, -0.15) is 0 Å². The maximum atomic E-state index is 15.0. The molecular weight excluding hydrogens is 447 g/mol. The lowest BCUT2D eigenvalue weighted by atomic mass is 10.1. The molecule has 7 aromatic rings. The molecule has 0 aliphatic heterocycles. The molecule has 166 valence electrons. The molecular formula is C31H21N2OP. The second kappa shape index (κ2) is 7.66. The van der Waals surface area contributed by atoms with Crippen molar-refractivity contribution in [1.82, 2.24) is 9.38 Å². The summed E-state index contributed by atoms with van der Waals surface area (Å²) in [5, 5.41) is 4.71. The molecule has 3 aromatic heterocycles. The molecule has 3 heterocycles. The van der Waals surface area contributed by atoms with Crippen LogP contribution in [0.2, 0.25) is 0 Å². The minimum atomic E-state index is -3.08. The predicted octanol–water partition coefficient (Wildman–Crippen LogP) is 6.38. The van der Waals surface area contributed by atoms with Gasteiger partial charge in [-0.25, -0.2) is 4.98 Å². The van der Waals surface area contributed by atoms with Gasteiger partial charge in [-0.1, -0.05) is 109 Å². The fraction of sp³-hybridized carbons (Fsp3) is 0. The Morgan fingerprint density at radius 3 is 1.86 bits per heavy atom. The van der Waals surface area contributed by atoms with Crippen LogP contribution in [0.4, 0.5) is 0 Å². The molecule has 0 radical (unpaired) electrons. The Labute approximate surface area is 203 Å². The first-order valence-corrected chi connectivity index (χ1v) is 13.4. The average molecular weight is 468 g/mol. The number of nitrogens with zero attached hydrogens (tertiary/aromatic N) is 2. The van der Waals surface area contributed by atoms with Crippen LogP contribution in [0.3, 0.4) is 0 Å². The zero-order valence-corrected chi connectivity index (χ0v) is 19.8. The molecule has 0 unspecified atom stereocenters. The van der Waals surface area contributed by atoms with Crippen LogP contribution < -0.4 is 15.9 Å². The molecule has 0 bridgehead atoms. The van der Waals surface area contributed by atoms with Gasteiger partial charge in [0.2, 0.25) is 0 Å². The van der Waals surface area contributed by atoms with E-state index in [0.29, 0.717) is 0 Å². The Hall–Kier alpha value is -4.20. The third kappa shape index (κ3) is 2.92. The zero-order chi connectivity index (χ0) is 23.4. The smallest absolute Gasteiger partial charge is 0.171 e. The Bertz CT molecular complexity index is 1820. The number of imidazole rings is 1. The molecule has 0 fully saturated rings. The summed E-state index contributed by atoms with van der Waals surface area (Å²) >= 11 is 0. The van der Waals surface area contributed by atoms with E-state index in [0.717, 1.165) is 54.6 Å². The molecule has 0 atom stereocenters. The van der Waals surface area contributed by atoms with Crippen LogP contribution in [0, 0.1) is 0 Å². The van der Waals surface area contributed by atoms with E-state index in [4.69, 9.17) is 4.98 Å². The SMILES string of the molecule is O=P(c1ccccc1)(c1ccccc1)c1ccc2c(c1)c1c(-c3ccccc3)nc3cccc2n31. The first kappa shape index (κ1) is 20.2. The van der Waals surface area contributed by atoms with Crippen molar-refractivity contribution in [2.45, 2.75) is 0 Å². The number of pyridine rings is 1. The minimum absolute atomic E-state index is 0.829. The highest BCUT2D eigenvalue weighted by molar-refractivity contribution is 7.85. The van der Waals surface area contributed by atoms with E-state index in [1.807, 2.05) is 91.0 Å². The van der Waals surface area contributed by atoms with Crippen molar-refractivity contribution in [3.05, 3.63) is 127 Å². The van der Waals surface area contributed by atoms with E-state index in [9.17, 15) is 0 Å². The fourth-order valence-electron chi connectivity index (χ4n) is 5.22. The number of benzene rings is 4. The van der Waals surface area contributed by atoms with Crippen molar-refractivity contribution in [2.75, 3.05) is 0 Å². The Morgan fingerprint density at radius 1 is 0.571 bits per heavy atom.